The number of hydrogen-bond donors (Lipinski definition) is 1. The summed E-state index contributed by atoms with van der Waals surface area (Å²) in [5, 5.41) is 3.52. The average molecular weight is 246 g/mol. The van der Waals surface area contributed by atoms with Crippen LogP contribution in [-0.2, 0) is 6.54 Å². The molecule has 0 radical (unpaired) electrons. The van der Waals surface area contributed by atoms with Crippen molar-refractivity contribution < 1.29 is 0 Å². The van der Waals surface area contributed by atoms with Gasteiger partial charge in [-0.15, -0.1) is 0 Å². The molecule has 1 aromatic carbocycles. The minimum Gasteiger partial charge on any atom is -0.372 e. The number of benzene rings is 1. The predicted octanol–water partition coefficient (Wildman–Crippen LogP) is 3.34. The van der Waals surface area contributed by atoms with Crippen molar-refractivity contribution in [3.8, 4) is 0 Å². The molecule has 0 aliphatic carbocycles. The summed E-state index contributed by atoms with van der Waals surface area (Å²) in [5.74, 6) is 0.717. The van der Waals surface area contributed by atoms with E-state index >= 15 is 0 Å². The molecule has 2 rings (SSSR count). The Morgan fingerprint density at radius 3 is 2.56 bits per heavy atom. The zero-order chi connectivity index (χ0) is 13.0. The maximum atomic E-state index is 3.52. The second kappa shape index (κ2) is 6.24. The summed E-state index contributed by atoms with van der Waals surface area (Å²) in [6, 6.07) is 6.92. The Hall–Kier alpha value is -1.02. The van der Waals surface area contributed by atoms with Crippen LogP contribution in [0.3, 0.4) is 0 Å². The third-order valence-electron chi connectivity index (χ3n) is 3.67. The van der Waals surface area contributed by atoms with Gasteiger partial charge < -0.3 is 10.2 Å². The highest BCUT2D eigenvalue weighted by Gasteiger charge is 2.12. The Morgan fingerprint density at radius 1 is 1.22 bits per heavy atom. The van der Waals surface area contributed by atoms with Crippen LogP contribution in [0.25, 0.3) is 0 Å². The zero-order valence-corrected chi connectivity index (χ0v) is 12.0. The van der Waals surface area contributed by atoms with E-state index in [1.165, 1.54) is 42.7 Å². The third-order valence-corrected chi connectivity index (χ3v) is 3.67. The molecule has 1 N–H and O–H groups in total. The second-order valence-electron chi connectivity index (χ2n) is 5.83. The molecule has 0 saturated carbocycles. The highest BCUT2D eigenvalue weighted by molar-refractivity contribution is 5.51. The molecule has 18 heavy (non-hydrogen) atoms. The van der Waals surface area contributed by atoms with Gasteiger partial charge in [0.05, 0.1) is 0 Å². The van der Waals surface area contributed by atoms with Crippen LogP contribution in [0.5, 0.6) is 0 Å². The largest absolute Gasteiger partial charge is 0.372 e. The fourth-order valence-electron chi connectivity index (χ4n) is 2.55. The van der Waals surface area contributed by atoms with Crippen LogP contribution in [0.1, 0.15) is 37.8 Å². The van der Waals surface area contributed by atoms with Crippen molar-refractivity contribution in [3.05, 3.63) is 29.3 Å². The van der Waals surface area contributed by atoms with Gasteiger partial charge in [0.25, 0.3) is 0 Å². The molecule has 1 fully saturated rings. The molecular formula is C16H26N2. The molecule has 100 valence electrons. The molecule has 1 aliphatic rings. The summed E-state index contributed by atoms with van der Waals surface area (Å²) in [5.41, 5.74) is 4.24. The van der Waals surface area contributed by atoms with Crippen LogP contribution in [0.2, 0.25) is 0 Å². The Labute approximate surface area is 111 Å². The topological polar surface area (TPSA) is 15.3 Å². The van der Waals surface area contributed by atoms with Gasteiger partial charge in [0.1, 0.15) is 0 Å². The quantitative estimate of drug-likeness (QED) is 0.857. The highest BCUT2D eigenvalue weighted by Crippen LogP contribution is 2.23. The Kier molecular flexibility index (Phi) is 4.65. The van der Waals surface area contributed by atoms with Crippen LogP contribution in [0.15, 0.2) is 18.2 Å². The van der Waals surface area contributed by atoms with E-state index in [-0.39, 0.29) is 0 Å². The molecule has 0 atom stereocenters. The summed E-state index contributed by atoms with van der Waals surface area (Å²) in [6.45, 7) is 11.3. The fourth-order valence-corrected chi connectivity index (χ4v) is 2.55. The van der Waals surface area contributed by atoms with Crippen molar-refractivity contribution in [3.63, 3.8) is 0 Å². The van der Waals surface area contributed by atoms with Crippen LogP contribution in [0, 0.1) is 12.8 Å². The lowest BCUT2D eigenvalue weighted by atomic mass is 10.1. The van der Waals surface area contributed by atoms with E-state index in [9.17, 15) is 0 Å². The van der Waals surface area contributed by atoms with Crippen molar-refractivity contribution in [2.75, 3.05) is 24.5 Å². The monoisotopic (exact) mass is 246 g/mol. The molecule has 1 saturated heterocycles. The summed E-state index contributed by atoms with van der Waals surface area (Å²) in [7, 11) is 0. The molecule has 0 amide bonds. The van der Waals surface area contributed by atoms with Gasteiger partial charge in [-0.05, 0) is 55.5 Å². The standard InChI is InChI=1S/C16H26N2/c1-13(2)11-17-12-15-6-7-16(10-14(15)3)18-8-4-5-9-18/h6-7,10,13,17H,4-5,8-9,11-12H2,1-3H3. The first-order valence-corrected chi connectivity index (χ1v) is 7.22. The van der Waals surface area contributed by atoms with Gasteiger partial charge in [-0.3, -0.25) is 0 Å². The molecule has 0 bridgehead atoms. The minimum atomic E-state index is 0.717. The smallest absolute Gasteiger partial charge is 0.0369 e. The van der Waals surface area contributed by atoms with Gasteiger partial charge in [-0.1, -0.05) is 19.9 Å². The average Bonchev–Trinajstić information content (AvgIpc) is 2.84. The second-order valence-corrected chi connectivity index (χ2v) is 5.83. The summed E-state index contributed by atoms with van der Waals surface area (Å²) >= 11 is 0. The highest BCUT2D eigenvalue weighted by atomic mass is 15.1. The van der Waals surface area contributed by atoms with Gasteiger partial charge in [-0.2, -0.15) is 0 Å². The number of hydrogen-bond acceptors (Lipinski definition) is 2. The van der Waals surface area contributed by atoms with Crippen molar-refractivity contribution in [2.24, 2.45) is 5.92 Å². The Balaban J connectivity index is 1.96. The normalized spacial score (nSPS) is 15.7. The molecule has 1 aromatic rings. The SMILES string of the molecule is Cc1cc(N2CCCC2)ccc1CNCC(C)C. The van der Waals surface area contributed by atoms with Gasteiger partial charge in [-0.25, -0.2) is 0 Å². The zero-order valence-electron chi connectivity index (χ0n) is 12.0. The fraction of sp³-hybridized carbons (Fsp3) is 0.625. The molecule has 2 heteroatoms. The first-order valence-electron chi connectivity index (χ1n) is 7.22. The maximum Gasteiger partial charge on any atom is 0.0369 e. The van der Waals surface area contributed by atoms with Crippen LogP contribution in [-0.4, -0.2) is 19.6 Å². The number of nitrogens with one attached hydrogen (secondary N) is 1. The lowest BCUT2D eigenvalue weighted by Gasteiger charge is -2.19. The van der Waals surface area contributed by atoms with Crippen molar-refractivity contribution in [1.82, 2.24) is 5.32 Å². The number of rotatable bonds is 5. The summed E-state index contributed by atoms with van der Waals surface area (Å²) < 4.78 is 0. The Morgan fingerprint density at radius 2 is 1.94 bits per heavy atom. The van der Waals surface area contributed by atoms with E-state index < -0.39 is 0 Å². The molecule has 1 aliphatic heterocycles. The van der Waals surface area contributed by atoms with Crippen molar-refractivity contribution in [2.45, 2.75) is 40.2 Å². The maximum absolute atomic E-state index is 3.52. The molecule has 1 heterocycles. The number of anilines is 1. The van der Waals surface area contributed by atoms with E-state index in [0.717, 1.165) is 13.1 Å². The lowest BCUT2D eigenvalue weighted by molar-refractivity contribution is 0.551. The van der Waals surface area contributed by atoms with Crippen molar-refractivity contribution >= 4 is 5.69 Å². The van der Waals surface area contributed by atoms with E-state index in [2.05, 4.69) is 49.2 Å². The van der Waals surface area contributed by atoms with Gasteiger partial charge in [0.2, 0.25) is 0 Å². The van der Waals surface area contributed by atoms with E-state index in [1.54, 1.807) is 0 Å². The first kappa shape index (κ1) is 13.4. The molecule has 2 nitrogen and oxygen atoms in total. The van der Waals surface area contributed by atoms with Gasteiger partial charge in [0.15, 0.2) is 0 Å². The van der Waals surface area contributed by atoms with Crippen LogP contribution < -0.4 is 10.2 Å². The first-order chi connectivity index (χ1) is 8.66. The van der Waals surface area contributed by atoms with Gasteiger partial charge in [0, 0.05) is 25.3 Å². The van der Waals surface area contributed by atoms with Gasteiger partial charge >= 0.3 is 0 Å². The van der Waals surface area contributed by atoms with Crippen LogP contribution >= 0.6 is 0 Å². The van der Waals surface area contributed by atoms with Crippen molar-refractivity contribution in [1.29, 1.82) is 0 Å². The number of aryl methyl sites for hydroxylation is 1. The van der Waals surface area contributed by atoms with E-state index in [1.807, 2.05) is 0 Å². The summed E-state index contributed by atoms with van der Waals surface area (Å²) in [4.78, 5) is 2.50. The Bertz CT molecular complexity index is 379. The minimum absolute atomic E-state index is 0.717. The molecule has 0 unspecified atom stereocenters. The van der Waals surface area contributed by atoms with E-state index in [0.29, 0.717) is 5.92 Å². The van der Waals surface area contributed by atoms with E-state index in [4.69, 9.17) is 0 Å². The lowest BCUT2D eigenvalue weighted by Crippen LogP contribution is -2.20. The molecular weight excluding hydrogens is 220 g/mol. The van der Waals surface area contributed by atoms with Crippen LogP contribution in [0.4, 0.5) is 5.69 Å². The predicted molar refractivity (Wildman–Crippen MR) is 79.2 cm³/mol. The number of nitrogens with zero attached hydrogens (tertiary/aromatic N) is 1. The summed E-state index contributed by atoms with van der Waals surface area (Å²) in [6.07, 6.45) is 2.69. The molecule has 0 spiro atoms. The third kappa shape index (κ3) is 3.49. The molecule has 0 aromatic heterocycles.